The summed E-state index contributed by atoms with van der Waals surface area (Å²) < 4.78 is 34.7. The van der Waals surface area contributed by atoms with E-state index in [1.54, 1.807) is 18.2 Å². The van der Waals surface area contributed by atoms with Crippen LogP contribution >= 0.6 is 0 Å². The number of hydrogen-bond donors (Lipinski definition) is 1. The highest BCUT2D eigenvalue weighted by atomic mass is 32.3. The van der Waals surface area contributed by atoms with Gasteiger partial charge in [-0.1, -0.05) is 0 Å². The smallest absolute Gasteiger partial charge is 0.307 e. The van der Waals surface area contributed by atoms with E-state index in [1.807, 2.05) is 0 Å². The fourth-order valence-corrected chi connectivity index (χ4v) is 3.17. The van der Waals surface area contributed by atoms with E-state index in [4.69, 9.17) is 0 Å². The van der Waals surface area contributed by atoms with Crippen molar-refractivity contribution in [1.82, 2.24) is 5.32 Å². The molecule has 0 bridgehead atoms. The van der Waals surface area contributed by atoms with Crippen LogP contribution < -0.4 is 10.2 Å². The number of fused-ring (bicyclic) bond motifs is 1. The van der Waals surface area contributed by atoms with Gasteiger partial charge >= 0.3 is 10.2 Å². The van der Waals surface area contributed by atoms with Gasteiger partial charge in [-0.25, -0.2) is 0 Å². The lowest BCUT2D eigenvalue weighted by molar-refractivity contribution is -0.117. The molecule has 0 aliphatic carbocycles. The molecule has 1 aromatic rings. The molecule has 3 rings (SSSR count). The average molecular weight is 298 g/mol. The van der Waals surface area contributed by atoms with Gasteiger partial charge in [0.2, 0.25) is 5.91 Å². The van der Waals surface area contributed by atoms with Crippen molar-refractivity contribution in [3.63, 3.8) is 0 Å². The molecule has 1 fully saturated rings. The molecule has 1 atom stereocenters. The third-order valence-electron chi connectivity index (χ3n) is 3.57. The number of halogens is 1. The zero-order chi connectivity index (χ0) is 14.5. The Morgan fingerprint density at radius 2 is 2.05 bits per heavy atom. The zero-order valence-corrected chi connectivity index (χ0v) is 11.1. The minimum atomic E-state index is -4.73. The first kappa shape index (κ1) is 13.0. The van der Waals surface area contributed by atoms with Gasteiger partial charge in [-0.3, -0.25) is 9.59 Å². The molecule has 8 heteroatoms. The summed E-state index contributed by atoms with van der Waals surface area (Å²) in [5.74, 6) is -0.614. The van der Waals surface area contributed by atoms with E-state index in [2.05, 4.69) is 5.32 Å². The van der Waals surface area contributed by atoms with Crippen LogP contribution in [0, 0.1) is 0 Å². The molecule has 1 N–H and O–H groups in total. The minimum Gasteiger partial charge on any atom is -0.348 e. The van der Waals surface area contributed by atoms with E-state index in [0.29, 0.717) is 17.8 Å². The van der Waals surface area contributed by atoms with Gasteiger partial charge in [0, 0.05) is 30.8 Å². The summed E-state index contributed by atoms with van der Waals surface area (Å²) >= 11 is 0. The molecule has 1 aromatic carbocycles. The Morgan fingerprint density at radius 3 is 2.70 bits per heavy atom. The quantitative estimate of drug-likeness (QED) is 0.798. The van der Waals surface area contributed by atoms with Crippen LogP contribution in [0.3, 0.4) is 0 Å². The number of anilines is 1. The van der Waals surface area contributed by atoms with E-state index in [0.717, 1.165) is 5.56 Å². The average Bonchev–Trinajstić information content (AvgIpc) is 2.93. The molecule has 2 amide bonds. The van der Waals surface area contributed by atoms with Gasteiger partial charge < -0.3 is 10.2 Å². The molecular weight excluding hydrogens is 287 g/mol. The maximum Gasteiger partial charge on any atom is 0.307 e. The molecule has 2 aliphatic rings. The first-order valence-electron chi connectivity index (χ1n) is 6.01. The number of hydrogen-bond acceptors (Lipinski definition) is 4. The van der Waals surface area contributed by atoms with Gasteiger partial charge in [0.05, 0.1) is 0 Å². The van der Waals surface area contributed by atoms with Gasteiger partial charge in [-0.05, 0) is 23.8 Å². The number of carbonyl (C=O) groups excluding carboxylic acids is 2. The van der Waals surface area contributed by atoms with Gasteiger partial charge in [0.15, 0.2) is 0 Å². The monoisotopic (exact) mass is 298 g/mol. The van der Waals surface area contributed by atoms with Gasteiger partial charge in [-0.2, -0.15) is 8.42 Å². The van der Waals surface area contributed by atoms with Gasteiger partial charge in [0.25, 0.3) is 5.91 Å². The topological polar surface area (TPSA) is 83.6 Å². The Bertz CT molecular complexity index is 716. The Kier molecular flexibility index (Phi) is 2.79. The number of rotatable bonds is 2. The largest absolute Gasteiger partial charge is 0.348 e. The lowest BCUT2D eigenvalue weighted by atomic mass is 10.1. The van der Waals surface area contributed by atoms with Crippen LogP contribution in [0.4, 0.5) is 9.57 Å². The number of nitrogens with one attached hydrogen (secondary N) is 1. The second kappa shape index (κ2) is 4.27. The van der Waals surface area contributed by atoms with Crippen molar-refractivity contribution in [2.75, 3.05) is 11.4 Å². The van der Waals surface area contributed by atoms with Crippen LogP contribution in [0.25, 0.3) is 0 Å². The molecule has 0 radical (unpaired) electrons. The van der Waals surface area contributed by atoms with Crippen molar-refractivity contribution >= 4 is 27.7 Å². The second-order valence-corrected chi connectivity index (χ2v) is 6.45. The molecule has 1 unspecified atom stereocenters. The van der Waals surface area contributed by atoms with E-state index in [1.165, 1.54) is 4.90 Å². The number of nitrogens with zero attached hydrogens (tertiary/aromatic N) is 1. The number of carbonyl (C=O) groups is 2. The molecular formula is C12H11FN2O4S. The van der Waals surface area contributed by atoms with Crippen LogP contribution in [0.5, 0.6) is 0 Å². The van der Waals surface area contributed by atoms with Crippen LogP contribution in [0.15, 0.2) is 18.2 Å². The summed E-state index contributed by atoms with van der Waals surface area (Å²) in [6.07, 6.45) is -0.354. The molecule has 0 spiro atoms. The van der Waals surface area contributed by atoms with Crippen molar-refractivity contribution in [2.45, 2.75) is 18.2 Å². The van der Waals surface area contributed by atoms with E-state index >= 15 is 0 Å². The predicted octanol–water partition coefficient (Wildman–Crippen LogP) is 0.335. The highest BCUT2D eigenvalue weighted by Crippen LogP contribution is 2.28. The second-order valence-electron chi connectivity index (χ2n) is 4.83. The normalized spacial score (nSPS) is 22.1. The summed E-state index contributed by atoms with van der Waals surface area (Å²) in [6, 6.07) is 4.80. The van der Waals surface area contributed by atoms with Crippen LogP contribution in [0.1, 0.15) is 22.3 Å². The molecule has 2 aliphatic heterocycles. The highest BCUT2D eigenvalue weighted by molar-refractivity contribution is 7.87. The first-order chi connectivity index (χ1) is 9.36. The molecule has 1 saturated heterocycles. The van der Waals surface area contributed by atoms with Crippen LogP contribution in [-0.2, 0) is 21.6 Å². The fraction of sp³-hybridized carbons (Fsp3) is 0.333. The SMILES string of the molecule is O=C1NCc2cc(N3CC(S(=O)(=O)F)CC3=O)ccc21. The Morgan fingerprint density at radius 1 is 1.30 bits per heavy atom. The molecule has 0 aromatic heterocycles. The first-order valence-corrected chi connectivity index (χ1v) is 7.46. The summed E-state index contributed by atoms with van der Waals surface area (Å²) in [7, 11) is -4.73. The molecule has 20 heavy (non-hydrogen) atoms. The lowest BCUT2D eigenvalue weighted by Gasteiger charge is -2.16. The van der Waals surface area contributed by atoms with Crippen molar-refractivity contribution in [2.24, 2.45) is 0 Å². The Balaban J connectivity index is 1.91. The maximum atomic E-state index is 13.0. The van der Waals surface area contributed by atoms with Gasteiger partial charge in [-0.15, -0.1) is 3.89 Å². The molecule has 0 saturated carbocycles. The number of benzene rings is 1. The molecule has 106 valence electrons. The maximum absolute atomic E-state index is 13.0. The summed E-state index contributed by atoms with van der Waals surface area (Å²) in [4.78, 5) is 24.5. The lowest BCUT2D eigenvalue weighted by Crippen LogP contribution is -2.27. The van der Waals surface area contributed by atoms with Crippen molar-refractivity contribution < 1.29 is 21.9 Å². The Labute approximate surface area is 114 Å². The van der Waals surface area contributed by atoms with Crippen molar-refractivity contribution in [3.8, 4) is 0 Å². The van der Waals surface area contributed by atoms with E-state index < -0.39 is 21.4 Å². The summed E-state index contributed by atoms with van der Waals surface area (Å²) in [6.45, 7) is 0.173. The fourth-order valence-electron chi connectivity index (χ4n) is 2.50. The summed E-state index contributed by atoms with van der Waals surface area (Å²) in [5.41, 5.74) is 1.76. The number of amides is 2. The van der Waals surface area contributed by atoms with Crippen LogP contribution in [-0.4, -0.2) is 32.0 Å². The van der Waals surface area contributed by atoms with Crippen LogP contribution in [0.2, 0.25) is 0 Å². The summed E-state index contributed by atoms with van der Waals surface area (Å²) in [5, 5.41) is 1.33. The van der Waals surface area contributed by atoms with Crippen molar-refractivity contribution in [1.29, 1.82) is 0 Å². The molecule has 6 nitrogen and oxygen atoms in total. The predicted molar refractivity (Wildman–Crippen MR) is 68.4 cm³/mol. The highest BCUT2D eigenvalue weighted by Gasteiger charge is 2.39. The standard InChI is InChI=1S/C12H11FN2O4S/c13-20(18,19)9-4-11(16)15(6-9)8-1-2-10-7(3-8)5-14-12(10)17/h1-3,9H,4-6H2,(H,14,17). The molecule has 2 heterocycles. The minimum absolute atomic E-state index is 0.177. The van der Waals surface area contributed by atoms with Crippen molar-refractivity contribution in [3.05, 3.63) is 29.3 Å². The van der Waals surface area contributed by atoms with E-state index in [-0.39, 0.29) is 18.9 Å². The van der Waals surface area contributed by atoms with E-state index in [9.17, 15) is 21.9 Å². The Hall–Kier alpha value is -1.96. The third kappa shape index (κ3) is 2.05. The third-order valence-corrected chi connectivity index (χ3v) is 4.68. The van der Waals surface area contributed by atoms with Gasteiger partial charge in [0.1, 0.15) is 5.25 Å². The zero-order valence-electron chi connectivity index (χ0n) is 10.3.